The Balaban J connectivity index is 3.02. The second kappa shape index (κ2) is 5.09. The van der Waals surface area contributed by atoms with Gasteiger partial charge in [0.15, 0.2) is 0 Å². The zero-order valence-corrected chi connectivity index (χ0v) is 9.56. The molecule has 0 saturated carbocycles. The fourth-order valence-corrected chi connectivity index (χ4v) is 1.63. The van der Waals surface area contributed by atoms with Crippen LogP contribution in [0, 0.1) is 0 Å². The molecule has 0 atom stereocenters. The number of nitrogens with two attached hydrogens (primary N) is 1. The van der Waals surface area contributed by atoms with Crippen LogP contribution in [0.2, 0.25) is 0 Å². The highest BCUT2D eigenvalue weighted by atomic mass is 17.1. The molecule has 0 aromatic heterocycles. The van der Waals surface area contributed by atoms with Crippen molar-refractivity contribution in [3.05, 3.63) is 35.4 Å². The maximum Gasteiger partial charge on any atom is 0.372 e. The van der Waals surface area contributed by atoms with Crippen molar-refractivity contribution in [2.45, 2.75) is 25.7 Å². The van der Waals surface area contributed by atoms with Crippen molar-refractivity contribution < 1.29 is 14.9 Å². The minimum Gasteiger partial charge on any atom is -0.330 e. The van der Waals surface area contributed by atoms with E-state index in [1.54, 1.807) is 18.2 Å². The lowest BCUT2D eigenvalue weighted by molar-refractivity contribution is -0.182. The first-order chi connectivity index (χ1) is 7.51. The molecule has 0 fully saturated rings. The van der Waals surface area contributed by atoms with E-state index >= 15 is 0 Å². The van der Waals surface area contributed by atoms with Gasteiger partial charge >= 0.3 is 5.97 Å². The molecular formula is C12H17NO3. The van der Waals surface area contributed by atoms with Gasteiger partial charge in [-0.3, -0.25) is 4.89 Å². The monoisotopic (exact) mass is 223 g/mol. The maximum absolute atomic E-state index is 11.2. The Morgan fingerprint density at radius 3 is 2.75 bits per heavy atom. The molecule has 0 aliphatic heterocycles. The molecule has 0 unspecified atom stereocenters. The van der Waals surface area contributed by atoms with Crippen molar-refractivity contribution in [1.29, 1.82) is 0 Å². The number of hydrogen-bond donors (Lipinski definition) is 2. The largest absolute Gasteiger partial charge is 0.372 e. The summed E-state index contributed by atoms with van der Waals surface area (Å²) in [7, 11) is 0. The molecule has 0 aliphatic rings. The van der Waals surface area contributed by atoms with Crippen LogP contribution in [-0.2, 0) is 10.3 Å². The Hall–Kier alpha value is -1.39. The van der Waals surface area contributed by atoms with E-state index in [-0.39, 0.29) is 5.41 Å². The van der Waals surface area contributed by atoms with Gasteiger partial charge in [0.2, 0.25) is 0 Å². The molecule has 0 heterocycles. The average molecular weight is 223 g/mol. The fourth-order valence-electron chi connectivity index (χ4n) is 1.63. The summed E-state index contributed by atoms with van der Waals surface area (Å²) < 4.78 is 0. The molecule has 0 radical (unpaired) electrons. The van der Waals surface area contributed by atoms with E-state index in [9.17, 15) is 4.79 Å². The molecule has 0 amide bonds. The van der Waals surface area contributed by atoms with E-state index in [2.05, 4.69) is 18.7 Å². The average Bonchev–Trinajstić information content (AvgIpc) is 2.28. The number of benzene rings is 1. The van der Waals surface area contributed by atoms with Gasteiger partial charge in [0, 0.05) is 0 Å². The van der Waals surface area contributed by atoms with Crippen LogP contribution in [0.15, 0.2) is 24.3 Å². The molecular weight excluding hydrogens is 206 g/mol. The molecule has 1 aromatic carbocycles. The van der Waals surface area contributed by atoms with Gasteiger partial charge in [-0.05, 0) is 36.1 Å². The molecule has 3 N–H and O–H groups in total. The number of carbonyl (C=O) groups excluding carboxylic acids is 1. The Kier molecular flexibility index (Phi) is 4.04. The summed E-state index contributed by atoms with van der Waals surface area (Å²) in [4.78, 5) is 14.9. The lowest BCUT2D eigenvalue weighted by atomic mass is 9.81. The zero-order chi connectivity index (χ0) is 12.2. The Morgan fingerprint density at radius 1 is 1.50 bits per heavy atom. The highest BCUT2D eigenvalue weighted by Gasteiger charge is 2.20. The molecule has 0 spiro atoms. The summed E-state index contributed by atoms with van der Waals surface area (Å²) in [5.41, 5.74) is 6.79. The van der Waals surface area contributed by atoms with Gasteiger partial charge in [-0.2, -0.15) is 5.26 Å². The van der Waals surface area contributed by atoms with Crippen molar-refractivity contribution in [3.8, 4) is 0 Å². The third kappa shape index (κ3) is 2.81. The second-order valence-corrected chi connectivity index (χ2v) is 4.38. The highest BCUT2D eigenvalue weighted by Crippen LogP contribution is 2.27. The summed E-state index contributed by atoms with van der Waals surface area (Å²) in [6.07, 6.45) is 0.824. The number of carbonyl (C=O) groups is 1. The van der Waals surface area contributed by atoms with Crippen LogP contribution in [0.5, 0.6) is 0 Å². The standard InChI is InChI=1S/C12H17NO3/c1-12(2,6-7-13)10-5-3-4-9(8-10)11(14)16-15/h3-5,8,15H,6-7,13H2,1-2H3. The van der Waals surface area contributed by atoms with Crippen LogP contribution >= 0.6 is 0 Å². The predicted molar refractivity (Wildman–Crippen MR) is 61.2 cm³/mol. The van der Waals surface area contributed by atoms with Crippen LogP contribution in [0.4, 0.5) is 0 Å². The molecule has 88 valence electrons. The fraction of sp³-hybridized carbons (Fsp3) is 0.417. The van der Waals surface area contributed by atoms with Gasteiger partial charge in [-0.25, -0.2) is 4.79 Å². The van der Waals surface area contributed by atoms with Gasteiger partial charge in [0.1, 0.15) is 0 Å². The van der Waals surface area contributed by atoms with Crippen molar-refractivity contribution in [2.24, 2.45) is 5.73 Å². The van der Waals surface area contributed by atoms with Gasteiger partial charge < -0.3 is 5.73 Å². The minimum absolute atomic E-state index is 0.0967. The molecule has 1 rings (SSSR count). The number of rotatable bonds is 4. The molecule has 16 heavy (non-hydrogen) atoms. The predicted octanol–water partition coefficient (Wildman–Crippen LogP) is 1.94. The van der Waals surface area contributed by atoms with Crippen molar-refractivity contribution in [3.63, 3.8) is 0 Å². The summed E-state index contributed by atoms with van der Waals surface area (Å²) in [5.74, 6) is -0.745. The molecule has 1 aromatic rings. The highest BCUT2D eigenvalue weighted by molar-refractivity contribution is 5.89. The summed E-state index contributed by atoms with van der Waals surface area (Å²) in [6, 6.07) is 7.01. The summed E-state index contributed by atoms with van der Waals surface area (Å²) in [5, 5.41) is 8.32. The van der Waals surface area contributed by atoms with E-state index < -0.39 is 5.97 Å². The van der Waals surface area contributed by atoms with E-state index in [0.29, 0.717) is 12.1 Å². The first-order valence-corrected chi connectivity index (χ1v) is 5.17. The minimum atomic E-state index is -0.745. The topological polar surface area (TPSA) is 72.6 Å². The molecule has 0 saturated heterocycles. The van der Waals surface area contributed by atoms with Gasteiger partial charge in [0.05, 0.1) is 5.56 Å². The van der Waals surface area contributed by atoms with Crippen LogP contribution in [0.1, 0.15) is 36.2 Å². The Bertz CT molecular complexity index is 374. The molecule has 4 heteroatoms. The quantitative estimate of drug-likeness (QED) is 0.604. The molecule has 0 bridgehead atoms. The first-order valence-electron chi connectivity index (χ1n) is 5.17. The molecule has 4 nitrogen and oxygen atoms in total. The third-order valence-electron chi connectivity index (χ3n) is 2.73. The van der Waals surface area contributed by atoms with Crippen molar-refractivity contribution >= 4 is 5.97 Å². The van der Waals surface area contributed by atoms with Gasteiger partial charge in [0.25, 0.3) is 0 Å². The third-order valence-corrected chi connectivity index (χ3v) is 2.73. The lowest BCUT2D eigenvalue weighted by Crippen LogP contribution is -2.22. The smallest absolute Gasteiger partial charge is 0.330 e. The lowest BCUT2D eigenvalue weighted by Gasteiger charge is -2.24. The van der Waals surface area contributed by atoms with E-state index in [4.69, 9.17) is 11.0 Å². The summed E-state index contributed by atoms with van der Waals surface area (Å²) >= 11 is 0. The van der Waals surface area contributed by atoms with Crippen molar-refractivity contribution in [2.75, 3.05) is 6.54 Å². The van der Waals surface area contributed by atoms with Crippen LogP contribution in [0.25, 0.3) is 0 Å². The second-order valence-electron chi connectivity index (χ2n) is 4.38. The van der Waals surface area contributed by atoms with Gasteiger partial charge in [-0.15, -0.1) is 0 Å². The Labute approximate surface area is 95.0 Å². The van der Waals surface area contributed by atoms with Crippen molar-refractivity contribution in [1.82, 2.24) is 0 Å². The molecule has 0 aliphatic carbocycles. The SMILES string of the molecule is CC(C)(CCN)c1cccc(C(=O)OO)c1. The van der Waals surface area contributed by atoms with E-state index in [1.807, 2.05) is 6.07 Å². The van der Waals surface area contributed by atoms with E-state index in [0.717, 1.165) is 12.0 Å². The Morgan fingerprint density at radius 2 is 2.19 bits per heavy atom. The first kappa shape index (κ1) is 12.7. The van der Waals surface area contributed by atoms with Crippen LogP contribution < -0.4 is 5.73 Å². The normalized spacial score (nSPS) is 11.2. The van der Waals surface area contributed by atoms with Gasteiger partial charge in [-0.1, -0.05) is 26.0 Å². The number of hydrogen-bond acceptors (Lipinski definition) is 4. The van der Waals surface area contributed by atoms with E-state index in [1.165, 1.54) is 0 Å². The zero-order valence-electron chi connectivity index (χ0n) is 9.56. The van der Waals surface area contributed by atoms with Crippen LogP contribution in [0.3, 0.4) is 0 Å². The van der Waals surface area contributed by atoms with Crippen LogP contribution in [-0.4, -0.2) is 17.8 Å². The maximum atomic E-state index is 11.2. The summed E-state index contributed by atoms with van der Waals surface area (Å²) in [6.45, 7) is 4.70.